The summed E-state index contributed by atoms with van der Waals surface area (Å²) in [7, 11) is 2.06. The highest BCUT2D eigenvalue weighted by Crippen LogP contribution is 2.17. The molecule has 0 aliphatic carbocycles. The Morgan fingerprint density at radius 1 is 1.22 bits per heavy atom. The van der Waals surface area contributed by atoms with Gasteiger partial charge < -0.3 is 12.4 Å². The predicted molar refractivity (Wildman–Crippen MR) is 65.7 cm³/mol. The summed E-state index contributed by atoms with van der Waals surface area (Å²) in [5, 5.41) is 0. The van der Waals surface area contributed by atoms with Crippen LogP contribution in [0.5, 0.6) is 0 Å². The second-order valence-electron chi connectivity index (χ2n) is 4.94. The molecule has 0 aromatic carbocycles. The van der Waals surface area contributed by atoms with Gasteiger partial charge >= 0.3 is 0 Å². The zero-order valence-electron chi connectivity index (χ0n) is 11.6. The molecule has 0 saturated carbocycles. The van der Waals surface area contributed by atoms with Crippen molar-refractivity contribution in [3.05, 3.63) is 17.2 Å². The van der Waals surface area contributed by atoms with Gasteiger partial charge in [0.15, 0.2) is 6.29 Å². The highest BCUT2D eigenvalue weighted by atomic mass is 35.5. The van der Waals surface area contributed by atoms with Gasteiger partial charge in [-0.2, -0.15) is 0 Å². The Bertz CT molecular complexity index is 410. The highest BCUT2D eigenvalue weighted by molar-refractivity contribution is 5.52. The number of aldehydes is 1. The van der Waals surface area contributed by atoms with E-state index in [1.54, 1.807) is 0 Å². The first-order chi connectivity index (χ1) is 8.07. The van der Waals surface area contributed by atoms with E-state index in [1.165, 1.54) is 24.2 Å². The van der Waals surface area contributed by atoms with Crippen LogP contribution < -0.4 is 17.0 Å². The fraction of sp³-hybridized carbons (Fsp3) is 0.692. The molecule has 102 valence electrons. The fourth-order valence-electron chi connectivity index (χ4n) is 2.77. The smallest absolute Gasteiger partial charge is 0.255 e. The first kappa shape index (κ1) is 15.2. The Morgan fingerprint density at radius 3 is 2.17 bits per heavy atom. The van der Waals surface area contributed by atoms with Crippen molar-refractivity contribution in [2.75, 3.05) is 13.1 Å². The third-order valence-corrected chi connectivity index (χ3v) is 4.12. The van der Waals surface area contributed by atoms with Crippen molar-refractivity contribution >= 4 is 6.29 Å². The number of hydrogen-bond donors (Lipinski definition) is 0. The molecule has 1 aliphatic heterocycles. The third kappa shape index (κ3) is 2.31. The van der Waals surface area contributed by atoms with E-state index in [9.17, 15) is 4.79 Å². The monoisotopic (exact) mass is 271 g/mol. The average Bonchev–Trinajstić information content (AvgIpc) is 2.90. The van der Waals surface area contributed by atoms with Gasteiger partial charge in [0.05, 0.1) is 7.05 Å². The van der Waals surface area contributed by atoms with Crippen molar-refractivity contribution in [3.8, 4) is 0 Å². The van der Waals surface area contributed by atoms with Gasteiger partial charge in [-0.05, 0) is 12.8 Å². The van der Waals surface area contributed by atoms with Gasteiger partial charge in [-0.15, -0.1) is 0 Å². The molecule has 1 aliphatic rings. The summed E-state index contributed by atoms with van der Waals surface area (Å²) in [4.78, 5) is 13.7. The van der Waals surface area contributed by atoms with Crippen LogP contribution in [-0.4, -0.2) is 28.8 Å². The van der Waals surface area contributed by atoms with Crippen molar-refractivity contribution < 1.29 is 21.8 Å². The first-order valence-electron chi connectivity index (χ1n) is 6.31. The SMILES string of the molecule is Cc1c(C)[n+](C(C=O)N2CCCC2)c(C)n1C.[Cl-]. The molecule has 0 radical (unpaired) electrons. The van der Waals surface area contributed by atoms with E-state index in [2.05, 4.69) is 41.9 Å². The van der Waals surface area contributed by atoms with E-state index in [0.717, 1.165) is 25.2 Å². The van der Waals surface area contributed by atoms with Crippen LogP contribution in [0.4, 0.5) is 0 Å². The summed E-state index contributed by atoms with van der Waals surface area (Å²) in [6.07, 6.45) is 3.35. The maximum absolute atomic E-state index is 11.4. The summed E-state index contributed by atoms with van der Waals surface area (Å²) < 4.78 is 4.32. The molecule has 2 heterocycles. The lowest BCUT2D eigenvalue weighted by Gasteiger charge is -2.21. The summed E-state index contributed by atoms with van der Waals surface area (Å²) in [5.74, 6) is 1.14. The fourth-order valence-corrected chi connectivity index (χ4v) is 2.77. The Hall–Kier alpha value is -0.870. The van der Waals surface area contributed by atoms with E-state index < -0.39 is 0 Å². The van der Waals surface area contributed by atoms with Crippen molar-refractivity contribution in [3.63, 3.8) is 0 Å². The number of rotatable bonds is 3. The molecule has 1 aromatic heterocycles. The zero-order chi connectivity index (χ0) is 12.6. The maximum Gasteiger partial charge on any atom is 0.255 e. The number of likely N-dealkylation sites (tertiary alicyclic amines) is 1. The summed E-state index contributed by atoms with van der Waals surface area (Å²) in [5.41, 5.74) is 2.42. The maximum atomic E-state index is 11.4. The van der Waals surface area contributed by atoms with Crippen LogP contribution in [0.1, 0.15) is 36.2 Å². The lowest BCUT2D eigenvalue weighted by molar-refractivity contribution is -0.736. The first-order valence-corrected chi connectivity index (χ1v) is 6.31. The highest BCUT2D eigenvalue weighted by Gasteiger charge is 2.32. The van der Waals surface area contributed by atoms with Crippen LogP contribution in [0.2, 0.25) is 0 Å². The van der Waals surface area contributed by atoms with Gasteiger partial charge in [-0.1, -0.05) is 0 Å². The summed E-state index contributed by atoms with van der Waals surface area (Å²) >= 11 is 0. The number of halogens is 1. The minimum absolute atomic E-state index is 0. The standard InChI is InChI=1S/C13H22N3O.ClH/c1-10-11(2)16(12(3)14(10)4)13(9-17)15-7-5-6-8-15;/h9,13H,5-8H2,1-4H3;1H/q+1;/p-1. The predicted octanol–water partition coefficient (Wildman–Crippen LogP) is -1.96. The van der Waals surface area contributed by atoms with Crippen LogP contribution in [0.3, 0.4) is 0 Å². The van der Waals surface area contributed by atoms with Crippen LogP contribution in [0, 0.1) is 20.8 Å². The normalized spacial score (nSPS) is 17.6. The van der Waals surface area contributed by atoms with Gasteiger partial charge in [0.2, 0.25) is 6.17 Å². The largest absolute Gasteiger partial charge is 1.00 e. The molecular weight excluding hydrogens is 250 g/mol. The molecule has 1 aromatic rings. The molecule has 5 heteroatoms. The van der Waals surface area contributed by atoms with E-state index >= 15 is 0 Å². The second kappa shape index (κ2) is 5.85. The molecule has 0 bridgehead atoms. The minimum atomic E-state index is -0.127. The second-order valence-corrected chi connectivity index (χ2v) is 4.94. The zero-order valence-corrected chi connectivity index (χ0v) is 12.4. The average molecular weight is 272 g/mol. The van der Waals surface area contributed by atoms with Crippen molar-refractivity contribution in [2.24, 2.45) is 7.05 Å². The lowest BCUT2D eigenvalue weighted by atomic mass is 10.3. The summed E-state index contributed by atoms with van der Waals surface area (Å²) in [6, 6.07) is 0. The third-order valence-electron chi connectivity index (χ3n) is 4.12. The quantitative estimate of drug-likeness (QED) is 0.472. The Morgan fingerprint density at radius 2 is 1.78 bits per heavy atom. The van der Waals surface area contributed by atoms with Crippen molar-refractivity contribution in [1.82, 2.24) is 9.47 Å². The van der Waals surface area contributed by atoms with Gasteiger partial charge in [0.1, 0.15) is 11.4 Å². The van der Waals surface area contributed by atoms with E-state index in [0.29, 0.717) is 0 Å². The number of imidazole rings is 1. The van der Waals surface area contributed by atoms with Gasteiger partial charge in [-0.3, -0.25) is 9.69 Å². The molecule has 18 heavy (non-hydrogen) atoms. The number of aromatic nitrogens is 2. The number of nitrogens with zero attached hydrogens (tertiary/aromatic N) is 3. The molecular formula is C13H22ClN3O. The molecule has 0 spiro atoms. The van der Waals surface area contributed by atoms with Gasteiger partial charge in [0, 0.05) is 33.9 Å². The Balaban J connectivity index is 0.00000162. The van der Waals surface area contributed by atoms with Crippen LogP contribution in [-0.2, 0) is 11.8 Å². The topological polar surface area (TPSA) is 29.1 Å². The van der Waals surface area contributed by atoms with Crippen LogP contribution >= 0.6 is 0 Å². The van der Waals surface area contributed by atoms with E-state index in [1.807, 2.05) is 0 Å². The molecule has 1 fully saturated rings. The molecule has 0 amide bonds. The number of hydrogen-bond acceptors (Lipinski definition) is 2. The summed E-state index contributed by atoms with van der Waals surface area (Å²) in [6.45, 7) is 8.33. The van der Waals surface area contributed by atoms with Crippen molar-refractivity contribution in [1.29, 1.82) is 0 Å². The van der Waals surface area contributed by atoms with Gasteiger partial charge in [0.25, 0.3) is 5.82 Å². The van der Waals surface area contributed by atoms with E-state index in [-0.39, 0.29) is 18.6 Å². The number of carbonyl (C=O) groups excluding carboxylic acids is 1. The van der Waals surface area contributed by atoms with Gasteiger partial charge in [-0.25, -0.2) is 9.13 Å². The molecule has 1 saturated heterocycles. The van der Waals surface area contributed by atoms with Crippen molar-refractivity contribution in [2.45, 2.75) is 39.8 Å². The molecule has 1 atom stereocenters. The van der Waals surface area contributed by atoms with Crippen LogP contribution in [0.25, 0.3) is 0 Å². The molecule has 0 N–H and O–H groups in total. The number of carbonyl (C=O) groups is 1. The molecule has 1 unspecified atom stereocenters. The Kier molecular flexibility index (Phi) is 4.93. The minimum Gasteiger partial charge on any atom is -1.00 e. The molecule has 2 rings (SSSR count). The lowest BCUT2D eigenvalue weighted by Crippen LogP contribution is -3.00. The van der Waals surface area contributed by atoms with Crippen LogP contribution in [0.15, 0.2) is 0 Å². The molecule has 4 nitrogen and oxygen atoms in total. The van der Waals surface area contributed by atoms with E-state index in [4.69, 9.17) is 0 Å². The Labute approximate surface area is 115 Å².